The number of hydrogen-bond acceptors (Lipinski definition) is 4. The van der Waals surface area contributed by atoms with Crippen LogP contribution in [0.1, 0.15) is 21.5 Å². The van der Waals surface area contributed by atoms with E-state index < -0.39 is 35.8 Å². The Morgan fingerprint density at radius 2 is 1.69 bits per heavy atom. The Morgan fingerprint density at radius 3 is 2.38 bits per heavy atom. The van der Waals surface area contributed by atoms with Crippen LogP contribution in [0.25, 0.3) is 0 Å². The number of benzene rings is 2. The van der Waals surface area contributed by atoms with Crippen molar-refractivity contribution in [2.75, 3.05) is 13.7 Å². The highest BCUT2D eigenvalue weighted by Gasteiger charge is 2.35. The standard InChI is InChI=1S/C18H16F3NO4/c1-25-15-9-5-2-6-12(15)10-22-16(23)11-26-17(24)13-7-3-4-8-14(13)18(19,20)21/h2-9H,10-11H2,1H3,(H,22,23). The van der Waals surface area contributed by atoms with Gasteiger partial charge in [0.05, 0.1) is 18.2 Å². The van der Waals surface area contributed by atoms with Gasteiger partial charge in [0, 0.05) is 12.1 Å². The topological polar surface area (TPSA) is 64.6 Å². The minimum absolute atomic E-state index is 0.125. The molecule has 138 valence electrons. The summed E-state index contributed by atoms with van der Waals surface area (Å²) in [4.78, 5) is 23.7. The Balaban J connectivity index is 1.93. The first-order valence-corrected chi connectivity index (χ1v) is 7.55. The number of carbonyl (C=O) groups excluding carboxylic acids is 2. The van der Waals surface area contributed by atoms with Gasteiger partial charge < -0.3 is 14.8 Å². The second-order valence-corrected chi connectivity index (χ2v) is 5.21. The SMILES string of the molecule is COc1ccccc1CNC(=O)COC(=O)c1ccccc1C(F)(F)F. The van der Waals surface area contributed by atoms with E-state index in [0.29, 0.717) is 11.3 Å². The summed E-state index contributed by atoms with van der Waals surface area (Å²) in [5, 5.41) is 2.51. The van der Waals surface area contributed by atoms with Gasteiger partial charge in [-0.2, -0.15) is 13.2 Å². The van der Waals surface area contributed by atoms with Gasteiger partial charge in [0.1, 0.15) is 5.75 Å². The molecule has 0 unspecified atom stereocenters. The largest absolute Gasteiger partial charge is 0.496 e. The van der Waals surface area contributed by atoms with Crippen molar-refractivity contribution in [1.82, 2.24) is 5.32 Å². The molecular formula is C18H16F3NO4. The number of carbonyl (C=O) groups is 2. The summed E-state index contributed by atoms with van der Waals surface area (Å²) in [6, 6.07) is 11.2. The lowest BCUT2D eigenvalue weighted by molar-refractivity contribution is -0.138. The number of hydrogen-bond donors (Lipinski definition) is 1. The first-order chi connectivity index (χ1) is 12.3. The molecule has 0 saturated heterocycles. The maximum atomic E-state index is 12.9. The molecule has 2 aromatic rings. The van der Waals surface area contributed by atoms with E-state index >= 15 is 0 Å². The highest BCUT2D eigenvalue weighted by Crippen LogP contribution is 2.32. The summed E-state index contributed by atoms with van der Waals surface area (Å²) in [6.07, 6.45) is -4.69. The normalized spacial score (nSPS) is 10.9. The smallest absolute Gasteiger partial charge is 0.417 e. The van der Waals surface area contributed by atoms with E-state index in [0.717, 1.165) is 12.1 Å². The number of rotatable bonds is 6. The van der Waals surface area contributed by atoms with Crippen LogP contribution in [0.3, 0.4) is 0 Å². The van der Waals surface area contributed by atoms with Crippen LogP contribution in [0.2, 0.25) is 0 Å². The molecule has 0 bridgehead atoms. The van der Waals surface area contributed by atoms with E-state index in [2.05, 4.69) is 10.1 Å². The number of esters is 1. The molecule has 0 heterocycles. The zero-order chi connectivity index (χ0) is 19.2. The second kappa shape index (κ2) is 8.37. The van der Waals surface area contributed by atoms with Crippen LogP contribution < -0.4 is 10.1 Å². The van der Waals surface area contributed by atoms with E-state index in [1.54, 1.807) is 24.3 Å². The van der Waals surface area contributed by atoms with Crippen molar-refractivity contribution >= 4 is 11.9 Å². The van der Waals surface area contributed by atoms with Crippen molar-refractivity contribution in [3.8, 4) is 5.75 Å². The van der Waals surface area contributed by atoms with Crippen molar-refractivity contribution in [1.29, 1.82) is 0 Å². The number of ether oxygens (including phenoxy) is 2. The van der Waals surface area contributed by atoms with Gasteiger partial charge in [0.2, 0.25) is 0 Å². The van der Waals surface area contributed by atoms with Gasteiger partial charge in [0.25, 0.3) is 5.91 Å². The summed E-state index contributed by atoms with van der Waals surface area (Å²) in [5.74, 6) is -1.29. The maximum absolute atomic E-state index is 12.9. The maximum Gasteiger partial charge on any atom is 0.417 e. The molecule has 2 aromatic carbocycles. The summed E-state index contributed by atoms with van der Waals surface area (Å²) in [5.41, 5.74) is -1.05. The lowest BCUT2D eigenvalue weighted by Crippen LogP contribution is -2.29. The van der Waals surface area contributed by atoms with Crippen LogP contribution in [0.4, 0.5) is 13.2 Å². The van der Waals surface area contributed by atoms with Gasteiger partial charge in [-0.05, 0) is 18.2 Å². The first-order valence-electron chi connectivity index (χ1n) is 7.55. The average Bonchev–Trinajstić information content (AvgIpc) is 2.63. The summed E-state index contributed by atoms with van der Waals surface area (Å²) < 4.78 is 48.5. The Hall–Kier alpha value is -3.03. The van der Waals surface area contributed by atoms with E-state index in [9.17, 15) is 22.8 Å². The van der Waals surface area contributed by atoms with Gasteiger partial charge in [-0.1, -0.05) is 30.3 Å². The van der Waals surface area contributed by atoms with Crippen LogP contribution in [-0.4, -0.2) is 25.6 Å². The Kier molecular flexibility index (Phi) is 6.21. The molecule has 2 rings (SSSR count). The van der Waals surface area contributed by atoms with Crippen molar-refractivity contribution in [2.45, 2.75) is 12.7 Å². The molecular weight excluding hydrogens is 351 g/mol. The quantitative estimate of drug-likeness (QED) is 0.797. The third kappa shape index (κ3) is 4.98. The third-order valence-electron chi connectivity index (χ3n) is 3.46. The Labute approximate surface area is 147 Å². The van der Waals surface area contributed by atoms with Gasteiger partial charge in [0.15, 0.2) is 6.61 Å². The molecule has 0 fully saturated rings. The predicted octanol–water partition coefficient (Wildman–Crippen LogP) is 3.19. The zero-order valence-electron chi connectivity index (χ0n) is 13.8. The number of alkyl halides is 3. The van der Waals surface area contributed by atoms with Crippen LogP contribution in [-0.2, 0) is 22.3 Å². The van der Waals surface area contributed by atoms with Crippen LogP contribution in [0.5, 0.6) is 5.75 Å². The van der Waals surface area contributed by atoms with E-state index in [1.807, 2.05) is 0 Å². The second-order valence-electron chi connectivity index (χ2n) is 5.21. The summed E-state index contributed by atoms with van der Waals surface area (Å²) in [6.45, 7) is -0.570. The molecule has 5 nitrogen and oxygen atoms in total. The van der Waals surface area contributed by atoms with Crippen molar-refractivity contribution in [2.24, 2.45) is 0 Å². The van der Waals surface area contributed by atoms with Crippen molar-refractivity contribution in [3.63, 3.8) is 0 Å². The highest BCUT2D eigenvalue weighted by molar-refractivity contribution is 5.93. The Bertz CT molecular complexity index is 790. The van der Waals surface area contributed by atoms with Gasteiger partial charge >= 0.3 is 12.1 Å². The number of nitrogens with one attached hydrogen (secondary N) is 1. The lowest BCUT2D eigenvalue weighted by Gasteiger charge is -2.12. The zero-order valence-corrected chi connectivity index (χ0v) is 13.8. The first kappa shape index (κ1) is 19.3. The van der Waals surface area contributed by atoms with Crippen molar-refractivity contribution < 1.29 is 32.2 Å². The number of amides is 1. The fourth-order valence-electron chi connectivity index (χ4n) is 2.21. The molecule has 0 aromatic heterocycles. The molecule has 26 heavy (non-hydrogen) atoms. The van der Waals surface area contributed by atoms with Gasteiger partial charge in [-0.3, -0.25) is 4.79 Å². The van der Waals surface area contributed by atoms with Gasteiger partial charge in [-0.25, -0.2) is 4.79 Å². The summed E-state index contributed by atoms with van der Waals surface area (Å²) >= 11 is 0. The molecule has 0 aliphatic rings. The number of halogens is 3. The monoisotopic (exact) mass is 367 g/mol. The molecule has 0 aliphatic carbocycles. The minimum Gasteiger partial charge on any atom is -0.496 e. The molecule has 0 atom stereocenters. The average molecular weight is 367 g/mol. The highest BCUT2D eigenvalue weighted by atomic mass is 19.4. The van der Waals surface area contributed by atoms with E-state index in [1.165, 1.54) is 19.2 Å². The van der Waals surface area contributed by atoms with Crippen LogP contribution >= 0.6 is 0 Å². The van der Waals surface area contributed by atoms with Crippen LogP contribution in [0.15, 0.2) is 48.5 Å². The summed E-state index contributed by atoms with van der Waals surface area (Å²) in [7, 11) is 1.49. The van der Waals surface area contributed by atoms with Gasteiger partial charge in [-0.15, -0.1) is 0 Å². The molecule has 1 amide bonds. The van der Waals surface area contributed by atoms with Crippen LogP contribution in [0, 0.1) is 0 Å². The lowest BCUT2D eigenvalue weighted by atomic mass is 10.1. The molecule has 1 N–H and O–H groups in total. The number of methoxy groups -OCH3 is 1. The fraction of sp³-hybridized carbons (Fsp3) is 0.222. The minimum atomic E-state index is -4.69. The molecule has 0 saturated carbocycles. The third-order valence-corrected chi connectivity index (χ3v) is 3.46. The molecule has 0 spiro atoms. The predicted molar refractivity (Wildman–Crippen MR) is 86.6 cm³/mol. The molecule has 0 aliphatic heterocycles. The van der Waals surface area contributed by atoms with Crippen molar-refractivity contribution in [3.05, 3.63) is 65.2 Å². The van der Waals surface area contributed by atoms with E-state index in [-0.39, 0.29) is 6.54 Å². The molecule has 0 radical (unpaired) electrons. The van der Waals surface area contributed by atoms with E-state index in [4.69, 9.17) is 4.74 Å². The Morgan fingerprint density at radius 1 is 1.04 bits per heavy atom. The fourth-order valence-corrected chi connectivity index (χ4v) is 2.21. The molecule has 8 heteroatoms. The number of para-hydroxylation sites is 1.